The Labute approximate surface area is 191 Å². The molecule has 3 amide bonds. The summed E-state index contributed by atoms with van der Waals surface area (Å²) in [7, 11) is 0. The molecule has 1 aromatic rings. The maximum atomic E-state index is 12.7. The fourth-order valence-corrected chi connectivity index (χ4v) is 6.01. The molecule has 0 aromatic heterocycles. The Morgan fingerprint density at radius 3 is 2.23 bits per heavy atom. The van der Waals surface area contributed by atoms with Crippen molar-refractivity contribution in [1.82, 2.24) is 4.90 Å². The van der Waals surface area contributed by atoms with E-state index in [0.717, 1.165) is 4.90 Å². The molecule has 7 nitrogen and oxygen atoms in total. The van der Waals surface area contributed by atoms with Gasteiger partial charge in [-0.25, -0.2) is 0 Å². The number of benzene rings is 1. The molecule has 0 radical (unpaired) electrons. The van der Waals surface area contributed by atoms with E-state index in [2.05, 4.69) is 5.32 Å². The molecule has 1 aliphatic heterocycles. The average molecular weight is 494 g/mol. The number of nitrogens with one attached hydrogen (secondary N) is 1. The average Bonchev–Trinajstić information content (AvgIpc) is 3.29. The summed E-state index contributed by atoms with van der Waals surface area (Å²) in [5.41, 5.74) is 0.307. The summed E-state index contributed by atoms with van der Waals surface area (Å²) in [5.74, 6) is -3.77. The van der Waals surface area contributed by atoms with E-state index in [9.17, 15) is 19.2 Å². The molecule has 6 atom stereocenters. The Bertz CT molecular complexity index is 909. The van der Waals surface area contributed by atoms with Crippen LogP contribution in [-0.4, -0.2) is 52.5 Å². The summed E-state index contributed by atoms with van der Waals surface area (Å²) in [6, 6.07) is 4.50. The largest absolute Gasteiger partial charge is 0.454 e. The normalized spacial score (nSPS) is 31.8. The van der Waals surface area contributed by atoms with Crippen LogP contribution in [0.1, 0.15) is 6.42 Å². The number of fused-ring (bicyclic) bond motifs is 5. The molecule has 0 spiro atoms. The van der Waals surface area contributed by atoms with Crippen LogP contribution in [0.3, 0.4) is 0 Å². The molecule has 2 aliphatic carbocycles. The lowest BCUT2D eigenvalue weighted by Crippen LogP contribution is -2.38. The zero-order chi connectivity index (χ0) is 21.7. The molecule has 2 saturated carbocycles. The lowest BCUT2D eigenvalue weighted by atomic mass is 9.80. The second kappa shape index (κ2) is 8.19. The van der Waals surface area contributed by atoms with Gasteiger partial charge in [0, 0.05) is 5.02 Å². The molecule has 11 heteroatoms. The standard InChI is InChI=1S/C19H16Cl4N2O5/c20-7-1-2-11(10(21)3-7)24-12(26)6-30-13(27)5-25-18(28)14-8-4-9(15(14)19(25)29)17(23)16(8)22/h1-3,8-9,14-17H,4-6H2,(H,24,26)/t8-,9-,14-,15+,16+,17+/m1/s1. The van der Waals surface area contributed by atoms with Crippen LogP contribution in [0.25, 0.3) is 0 Å². The fourth-order valence-electron chi connectivity index (χ4n) is 4.66. The fraction of sp³-hybridized carbons (Fsp3) is 0.474. The molecule has 1 aromatic carbocycles. The van der Waals surface area contributed by atoms with Gasteiger partial charge in [-0.3, -0.25) is 24.1 Å². The third-order valence-electron chi connectivity index (χ3n) is 5.94. The monoisotopic (exact) mass is 492 g/mol. The van der Waals surface area contributed by atoms with Gasteiger partial charge in [-0.05, 0) is 36.5 Å². The maximum absolute atomic E-state index is 12.7. The van der Waals surface area contributed by atoms with Crippen LogP contribution in [0.2, 0.25) is 10.0 Å². The molecule has 1 saturated heterocycles. The topological polar surface area (TPSA) is 92.8 Å². The Morgan fingerprint density at radius 1 is 1.07 bits per heavy atom. The number of anilines is 1. The van der Waals surface area contributed by atoms with Gasteiger partial charge in [-0.15, -0.1) is 23.2 Å². The van der Waals surface area contributed by atoms with Crippen molar-refractivity contribution < 1.29 is 23.9 Å². The van der Waals surface area contributed by atoms with E-state index in [1.807, 2.05) is 0 Å². The van der Waals surface area contributed by atoms with Crippen molar-refractivity contribution in [3.63, 3.8) is 0 Å². The van der Waals surface area contributed by atoms with Crippen LogP contribution >= 0.6 is 46.4 Å². The minimum Gasteiger partial charge on any atom is -0.454 e. The van der Waals surface area contributed by atoms with Crippen molar-refractivity contribution in [2.24, 2.45) is 23.7 Å². The van der Waals surface area contributed by atoms with E-state index in [4.69, 9.17) is 51.1 Å². The zero-order valence-corrected chi connectivity index (χ0v) is 18.3. The number of rotatable bonds is 5. The van der Waals surface area contributed by atoms with Crippen molar-refractivity contribution in [2.45, 2.75) is 17.2 Å². The number of carbonyl (C=O) groups excluding carboxylic acids is 4. The summed E-state index contributed by atoms with van der Waals surface area (Å²) in [4.78, 5) is 50.4. The Balaban J connectivity index is 1.32. The van der Waals surface area contributed by atoms with E-state index in [0.29, 0.717) is 17.1 Å². The van der Waals surface area contributed by atoms with E-state index in [-0.39, 0.29) is 27.6 Å². The predicted molar refractivity (Wildman–Crippen MR) is 111 cm³/mol. The van der Waals surface area contributed by atoms with Crippen LogP contribution in [0.15, 0.2) is 18.2 Å². The number of hydrogen-bond donors (Lipinski definition) is 1. The molecular formula is C19H16Cl4N2O5. The van der Waals surface area contributed by atoms with Crippen molar-refractivity contribution in [3.8, 4) is 0 Å². The highest BCUT2D eigenvalue weighted by Crippen LogP contribution is 2.59. The lowest BCUT2D eigenvalue weighted by Gasteiger charge is -2.28. The van der Waals surface area contributed by atoms with Gasteiger partial charge in [0.05, 0.1) is 33.3 Å². The Kier molecular flexibility index (Phi) is 5.92. The van der Waals surface area contributed by atoms with Crippen LogP contribution in [0.5, 0.6) is 0 Å². The highest BCUT2D eigenvalue weighted by atomic mass is 35.5. The van der Waals surface area contributed by atoms with E-state index in [1.54, 1.807) is 6.07 Å². The predicted octanol–water partition coefficient (Wildman–Crippen LogP) is 2.94. The van der Waals surface area contributed by atoms with E-state index >= 15 is 0 Å². The second-order valence-electron chi connectivity index (χ2n) is 7.60. The zero-order valence-electron chi connectivity index (χ0n) is 15.3. The molecule has 1 heterocycles. The number of likely N-dealkylation sites (tertiary alicyclic amines) is 1. The van der Waals surface area contributed by atoms with Crippen molar-refractivity contribution in [1.29, 1.82) is 0 Å². The molecule has 3 aliphatic rings. The van der Waals surface area contributed by atoms with Crippen LogP contribution in [0, 0.1) is 23.7 Å². The van der Waals surface area contributed by atoms with Crippen LogP contribution in [-0.2, 0) is 23.9 Å². The van der Waals surface area contributed by atoms with Gasteiger partial charge in [0.2, 0.25) is 11.8 Å². The summed E-state index contributed by atoms with van der Waals surface area (Å²) in [6.07, 6.45) is 0.640. The first kappa shape index (κ1) is 21.7. The molecule has 4 rings (SSSR count). The summed E-state index contributed by atoms with van der Waals surface area (Å²) in [6.45, 7) is -1.15. The quantitative estimate of drug-likeness (QED) is 0.386. The summed E-state index contributed by atoms with van der Waals surface area (Å²) in [5, 5.41) is 2.38. The van der Waals surface area contributed by atoms with Crippen LogP contribution in [0.4, 0.5) is 5.69 Å². The van der Waals surface area contributed by atoms with Gasteiger partial charge in [-0.1, -0.05) is 23.2 Å². The number of alkyl halides is 2. The number of ether oxygens (including phenoxy) is 1. The van der Waals surface area contributed by atoms with Gasteiger partial charge >= 0.3 is 5.97 Å². The minimum atomic E-state index is -0.869. The maximum Gasteiger partial charge on any atom is 0.326 e. The molecule has 30 heavy (non-hydrogen) atoms. The van der Waals surface area contributed by atoms with E-state index in [1.165, 1.54) is 12.1 Å². The highest BCUT2D eigenvalue weighted by molar-refractivity contribution is 6.36. The summed E-state index contributed by atoms with van der Waals surface area (Å²) >= 11 is 24.4. The van der Waals surface area contributed by atoms with Crippen molar-refractivity contribution in [3.05, 3.63) is 28.2 Å². The number of hydrogen-bond acceptors (Lipinski definition) is 5. The first-order valence-corrected chi connectivity index (χ1v) is 10.9. The number of amides is 3. The first-order chi connectivity index (χ1) is 14.2. The highest BCUT2D eigenvalue weighted by Gasteiger charge is 2.66. The third-order valence-corrected chi connectivity index (χ3v) is 7.80. The third kappa shape index (κ3) is 3.66. The smallest absolute Gasteiger partial charge is 0.326 e. The van der Waals surface area contributed by atoms with Crippen LogP contribution < -0.4 is 5.32 Å². The Hall–Kier alpha value is -1.54. The molecular weight excluding hydrogens is 478 g/mol. The van der Waals surface area contributed by atoms with E-state index < -0.39 is 48.7 Å². The van der Waals surface area contributed by atoms with Gasteiger partial charge in [-0.2, -0.15) is 0 Å². The van der Waals surface area contributed by atoms with Gasteiger partial charge < -0.3 is 10.1 Å². The first-order valence-electron chi connectivity index (χ1n) is 9.23. The number of carbonyl (C=O) groups is 4. The molecule has 2 bridgehead atoms. The Morgan fingerprint density at radius 2 is 1.67 bits per heavy atom. The number of esters is 1. The van der Waals surface area contributed by atoms with Crippen molar-refractivity contribution >= 4 is 75.8 Å². The number of imide groups is 1. The van der Waals surface area contributed by atoms with Gasteiger partial charge in [0.15, 0.2) is 6.61 Å². The van der Waals surface area contributed by atoms with Gasteiger partial charge in [0.25, 0.3) is 5.91 Å². The van der Waals surface area contributed by atoms with Gasteiger partial charge in [0.1, 0.15) is 6.54 Å². The van der Waals surface area contributed by atoms with Crippen molar-refractivity contribution in [2.75, 3.05) is 18.5 Å². The molecule has 160 valence electrons. The summed E-state index contributed by atoms with van der Waals surface area (Å²) < 4.78 is 4.91. The molecule has 3 fully saturated rings. The minimum absolute atomic E-state index is 0.170. The second-order valence-corrected chi connectivity index (χ2v) is 9.45. The SMILES string of the molecule is O=C(COC(=O)CN1C(=O)[C@@H]2[C@H]3C[C@@H]([C@H](Cl)[C@H]3Cl)[C@@H]2C1=O)Nc1ccc(Cl)cc1Cl. The molecule has 1 N–H and O–H groups in total. The molecule has 0 unspecified atom stereocenters. The lowest BCUT2D eigenvalue weighted by molar-refractivity contribution is -0.154. The number of halogens is 4. The number of nitrogens with zero attached hydrogens (tertiary/aromatic N) is 1.